The van der Waals surface area contributed by atoms with Gasteiger partial charge in [-0.2, -0.15) is 10.2 Å². The summed E-state index contributed by atoms with van der Waals surface area (Å²) < 4.78 is 4.72. The Labute approximate surface area is 105 Å². The Bertz CT molecular complexity index is 435. The largest absolute Gasteiger partial charge is 0.469 e. The molecule has 0 radical (unpaired) electrons. The topological polar surface area (TPSA) is 72.4 Å². The Morgan fingerprint density at radius 1 is 1.44 bits per heavy atom. The summed E-state index contributed by atoms with van der Waals surface area (Å²) in [6.45, 7) is 1.07. The first-order valence-electron chi connectivity index (χ1n) is 5.86. The molecule has 1 aliphatic rings. The SMILES string of the molecule is COC(=O)C1CCCN(C(=O)c2ccnnc2)C1. The van der Waals surface area contributed by atoms with Crippen molar-refractivity contribution in [2.75, 3.05) is 20.2 Å². The number of likely N-dealkylation sites (tertiary alicyclic amines) is 1. The van der Waals surface area contributed by atoms with E-state index in [1.807, 2.05) is 0 Å². The Morgan fingerprint density at radius 2 is 2.28 bits per heavy atom. The molecule has 0 bridgehead atoms. The molecule has 2 rings (SSSR count). The van der Waals surface area contributed by atoms with E-state index in [-0.39, 0.29) is 17.8 Å². The van der Waals surface area contributed by atoms with Crippen molar-refractivity contribution in [3.8, 4) is 0 Å². The van der Waals surface area contributed by atoms with Gasteiger partial charge < -0.3 is 9.64 Å². The van der Waals surface area contributed by atoms with Gasteiger partial charge in [-0.25, -0.2) is 0 Å². The molecule has 1 saturated heterocycles. The highest BCUT2D eigenvalue weighted by molar-refractivity contribution is 5.94. The van der Waals surface area contributed by atoms with E-state index in [1.165, 1.54) is 19.5 Å². The van der Waals surface area contributed by atoms with Crippen molar-refractivity contribution in [2.24, 2.45) is 5.92 Å². The zero-order chi connectivity index (χ0) is 13.0. The van der Waals surface area contributed by atoms with Gasteiger partial charge in [0.05, 0.1) is 31.0 Å². The summed E-state index contributed by atoms with van der Waals surface area (Å²) in [6.07, 6.45) is 4.49. The van der Waals surface area contributed by atoms with Gasteiger partial charge in [-0.1, -0.05) is 0 Å². The molecule has 96 valence electrons. The van der Waals surface area contributed by atoms with Gasteiger partial charge in [-0.3, -0.25) is 9.59 Å². The predicted molar refractivity (Wildman–Crippen MR) is 62.7 cm³/mol. The Hall–Kier alpha value is -1.98. The van der Waals surface area contributed by atoms with E-state index in [9.17, 15) is 9.59 Å². The number of methoxy groups -OCH3 is 1. The van der Waals surface area contributed by atoms with Crippen LogP contribution in [0.15, 0.2) is 18.5 Å². The van der Waals surface area contributed by atoms with Gasteiger partial charge in [0.25, 0.3) is 5.91 Å². The summed E-state index contributed by atoms with van der Waals surface area (Å²) >= 11 is 0. The third-order valence-electron chi connectivity index (χ3n) is 3.07. The van der Waals surface area contributed by atoms with Crippen LogP contribution in [0.4, 0.5) is 0 Å². The zero-order valence-corrected chi connectivity index (χ0v) is 10.2. The highest BCUT2D eigenvalue weighted by Crippen LogP contribution is 2.19. The van der Waals surface area contributed by atoms with E-state index >= 15 is 0 Å². The normalized spacial score (nSPS) is 19.4. The molecule has 1 atom stereocenters. The first-order valence-corrected chi connectivity index (χ1v) is 5.86. The number of carbonyl (C=O) groups is 2. The number of aromatic nitrogens is 2. The number of piperidine rings is 1. The molecule has 0 aromatic carbocycles. The number of hydrogen-bond acceptors (Lipinski definition) is 5. The summed E-state index contributed by atoms with van der Waals surface area (Å²) in [5.41, 5.74) is 0.496. The predicted octanol–water partition coefficient (Wildman–Crippen LogP) is 0.502. The summed E-state index contributed by atoms with van der Waals surface area (Å²) in [7, 11) is 1.37. The van der Waals surface area contributed by atoms with Gasteiger partial charge in [0.15, 0.2) is 0 Å². The van der Waals surface area contributed by atoms with Gasteiger partial charge in [-0.15, -0.1) is 0 Å². The molecule has 6 heteroatoms. The van der Waals surface area contributed by atoms with Crippen LogP contribution in [0.25, 0.3) is 0 Å². The molecule has 1 fully saturated rings. The molecule has 0 spiro atoms. The van der Waals surface area contributed by atoms with Crippen LogP contribution < -0.4 is 0 Å². The lowest BCUT2D eigenvalue weighted by molar-refractivity contribution is -0.146. The first-order chi connectivity index (χ1) is 8.72. The molecule has 2 heterocycles. The van der Waals surface area contributed by atoms with Crippen molar-refractivity contribution in [1.82, 2.24) is 15.1 Å². The average Bonchev–Trinajstić information content (AvgIpc) is 2.46. The molecule has 0 N–H and O–H groups in total. The number of amides is 1. The molecule has 6 nitrogen and oxygen atoms in total. The number of nitrogens with zero attached hydrogens (tertiary/aromatic N) is 3. The quantitative estimate of drug-likeness (QED) is 0.714. The summed E-state index contributed by atoms with van der Waals surface area (Å²) in [5, 5.41) is 7.32. The van der Waals surface area contributed by atoms with Gasteiger partial charge in [-0.05, 0) is 18.9 Å². The lowest BCUT2D eigenvalue weighted by atomic mass is 9.98. The maximum Gasteiger partial charge on any atom is 0.310 e. The minimum Gasteiger partial charge on any atom is -0.469 e. The van der Waals surface area contributed by atoms with Crippen LogP contribution >= 0.6 is 0 Å². The Balaban J connectivity index is 2.05. The van der Waals surface area contributed by atoms with E-state index < -0.39 is 0 Å². The van der Waals surface area contributed by atoms with Crippen molar-refractivity contribution >= 4 is 11.9 Å². The van der Waals surface area contributed by atoms with Crippen LogP contribution in [0.5, 0.6) is 0 Å². The number of ether oxygens (including phenoxy) is 1. The van der Waals surface area contributed by atoms with Crippen LogP contribution in [-0.2, 0) is 9.53 Å². The molecule has 0 saturated carbocycles. The van der Waals surface area contributed by atoms with Crippen LogP contribution in [0.3, 0.4) is 0 Å². The maximum atomic E-state index is 12.2. The average molecular weight is 249 g/mol. The summed E-state index contributed by atoms with van der Waals surface area (Å²) in [4.78, 5) is 25.3. The second-order valence-electron chi connectivity index (χ2n) is 4.24. The third kappa shape index (κ3) is 2.64. The second-order valence-corrected chi connectivity index (χ2v) is 4.24. The van der Waals surface area contributed by atoms with E-state index in [4.69, 9.17) is 4.74 Å². The van der Waals surface area contributed by atoms with Crippen LogP contribution in [0.1, 0.15) is 23.2 Å². The molecular weight excluding hydrogens is 234 g/mol. The standard InChI is InChI=1S/C12H15N3O3/c1-18-12(17)10-3-2-6-15(8-10)11(16)9-4-5-13-14-7-9/h4-5,7,10H,2-3,6,8H2,1H3. The van der Waals surface area contributed by atoms with Crippen molar-refractivity contribution in [2.45, 2.75) is 12.8 Å². The Morgan fingerprint density at radius 3 is 2.94 bits per heavy atom. The molecular formula is C12H15N3O3. The molecule has 1 amide bonds. The molecule has 1 aromatic heterocycles. The highest BCUT2D eigenvalue weighted by Gasteiger charge is 2.29. The number of esters is 1. The van der Waals surface area contributed by atoms with E-state index in [0.717, 1.165) is 12.8 Å². The molecule has 1 unspecified atom stereocenters. The molecule has 18 heavy (non-hydrogen) atoms. The summed E-state index contributed by atoms with van der Waals surface area (Å²) in [5.74, 6) is -0.582. The molecule has 1 aliphatic heterocycles. The van der Waals surface area contributed by atoms with Crippen molar-refractivity contribution < 1.29 is 14.3 Å². The number of rotatable bonds is 2. The molecule has 1 aromatic rings. The second kappa shape index (κ2) is 5.57. The van der Waals surface area contributed by atoms with E-state index in [0.29, 0.717) is 18.7 Å². The number of carbonyl (C=O) groups excluding carboxylic acids is 2. The fourth-order valence-corrected chi connectivity index (χ4v) is 2.12. The lowest BCUT2D eigenvalue weighted by Crippen LogP contribution is -2.42. The van der Waals surface area contributed by atoms with E-state index in [2.05, 4.69) is 10.2 Å². The first kappa shape index (κ1) is 12.5. The highest BCUT2D eigenvalue weighted by atomic mass is 16.5. The smallest absolute Gasteiger partial charge is 0.310 e. The van der Waals surface area contributed by atoms with Crippen molar-refractivity contribution in [3.05, 3.63) is 24.0 Å². The monoisotopic (exact) mass is 249 g/mol. The minimum atomic E-state index is -0.250. The van der Waals surface area contributed by atoms with E-state index in [1.54, 1.807) is 11.0 Å². The van der Waals surface area contributed by atoms with Gasteiger partial charge >= 0.3 is 5.97 Å². The van der Waals surface area contributed by atoms with Crippen molar-refractivity contribution in [1.29, 1.82) is 0 Å². The fourth-order valence-electron chi connectivity index (χ4n) is 2.12. The number of hydrogen-bond donors (Lipinski definition) is 0. The summed E-state index contributed by atoms with van der Waals surface area (Å²) in [6, 6.07) is 1.62. The third-order valence-corrected chi connectivity index (χ3v) is 3.07. The van der Waals surface area contributed by atoms with Crippen molar-refractivity contribution in [3.63, 3.8) is 0 Å². The van der Waals surface area contributed by atoms with Gasteiger partial charge in [0, 0.05) is 13.1 Å². The maximum absolute atomic E-state index is 12.2. The Kier molecular flexibility index (Phi) is 3.86. The van der Waals surface area contributed by atoms with Crippen LogP contribution in [0.2, 0.25) is 0 Å². The lowest BCUT2D eigenvalue weighted by Gasteiger charge is -2.31. The van der Waals surface area contributed by atoms with Gasteiger partial charge in [0.1, 0.15) is 0 Å². The van der Waals surface area contributed by atoms with Crippen LogP contribution in [0, 0.1) is 5.92 Å². The minimum absolute atomic E-state index is 0.112. The zero-order valence-electron chi connectivity index (χ0n) is 10.2. The van der Waals surface area contributed by atoms with Crippen LogP contribution in [-0.4, -0.2) is 47.2 Å². The van der Waals surface area contributed by atoms with Gasteiger partial charge in [0.2, 0.25) is 0 Å². The molecule has 0 aliphatic carbocycles. The fraction of sp³-hybridized carbons (Fsp3) is 0.500.